The van der Waals surface area contributed by atoms with Gasteiger partial charge in [-0.2, -0.15) is 0 Å². The molecule has 0 atom stereocenters. The SMILES string of the molecule is C1=Cc2c(cccc2-c2ccccc2)OC1. The Hall–Kier alpha value is -2.02. The van der Waals surface area contributed by atoms with Crippen LogP contribution in [0.5, 0.6) is 5.75 Å². The first-order valence-electron chi connectivity index (χ1n) is 5.43. The smallest absolute Gasteiger partial charge is 0.127 e. The third-order valence-electron chi connectivity index (χ3n) is 2.77. The second-order valence-electron chi connectivity index (χ2n) is 3.80. The van der Waals surface area contributed by atoms with Crippen molar-refractivity contribution in [3.63, 3.8) is 0 Å². The molecule has 1 heterocycles. The zero-order chi connectivity index (χ0) is 10.8. The Balaban J connectivity index is 2.20. The monoisotopic (exact) mass is 208 g/mol. The quantitative estimate of drug-likeness (QED) is 0.693. The van der Waals surface area contributed by atoms with E-state index in [1.54, 1.807) is 0 Å². The summed E-state index contributed by atoms with van der Waals surface area (Å²) >= 11 is 0. The second kappa shape index (κ2) is 3.86. The van der Waals surface area contributed by atoms with E-state index in [9.17, 15) is 0 Å². The molecule has 0 aromatic heterocycles. The van der Waals surface area contributed by atoms with Crippen molar-refractivity contribution in [1.82, 2.24) is 0 Å². The van der Waals surface area contributed by atoms with E-state index < -0.39 is 0 Å². The van der Waals surface area contributed by atoms with Crippen molar-refractivity contribution in [2.75, 3.05) is 6.61 Å². The predicted molar refractivity (Wildman–Crippen MR) is 66.4 cm³/mol. The Morgan fingerprint density at radius 1 is 0.875 bits per heavy atom. The molecule has 0 amide bonds. The average Bonchev–Trinajstić information content (AvgIpc) is 2.39. The summed E-state index contributed by atoms with van der Waals surface area (Å²) in [6.07, 6.45) is 4.19. The normalized spacial score (nSPS) is 13.0. The highest BCUT2D eigenvalue weighted by Gasteiger charge is 2.10. The van der Waals surface area contributed by atoms with Crippen LogP contribution in [0.1, 0.15) is 5.56 Å². The van der Waals surface area contributed by atoms with Gasteiger partial charge in [-0.25, -0.2) is 0 Å². The summed E-state index contributed by atoms with van der Waals surface area (Å²) in [6, 6.07) is 16.6. The van der Waals surface area contributed by atoms with Crippen LogP contribution in [-0.4, -0.2) is 6.61 Å². The number of ether oxygens (including phenoxy) is 1. The van der Waals surface area contributed by atoms with Crippen molar-refractivity contribution in [1.29, 1.82) is 0 Å². The van der Waals surface area contributed by atoms with Gasteiger partial charge >= 0.3 is 0 Å². The highest BCUT2D eigenvalue weighted by atomic mass is 16.5. The molecular weight excluding hydrogens is 196 g/mol. The molecule has 0 N–H and O–H groups in total. The fourth-order valence-electron chi connectivity index (χ4n) is 2.02. The molecule has 0 aliphatic carbocycles. The van der Waals surface area contributed by atoms with E-state index in [2.05, 4.69) is 42.5 Å². The maximum atomic E-state index is 5.60. The van der Waals surface area contributed by atoms with Gasteiger partial charge in [0.05, 0.1) is 0 Å². The Morgan fingerprint density at radius 3 is 2.62 bits per heavy atom. The fourth-order valence-corrected chi connectivity index (χ4v) is 2.02. The van der Waals surface area contributed by atoms with Crippen LogP contribution in [0.3, 0.4) is 0 Å². The Labute approximate surface area is 95.0 Å². The van der Waals surface area contributed by atoms with Crippen LogP contribution in [0, 0.1) is 0 Å². The van der Waals surface area contributed by atoms with Crippen LogP contribution in [0.25, 0.3) is 17.2 Å². The number of rotatable bonds is 1. The molecule has 0 bridgehead atoms. The number of benzene rings is 2. The molecular formula is C15H12O. The maximum absolute atomic E-state index is 5.60. The second-order valence-corrected chi connectivity index (χ2v) is 3.80. The van der Waals surface area contributed by atoms with Gasteiger partial charge in [0, 0.05) is 5.56 Å². The molecule has 3 rings (SSSR count). The summed E-state index contributed by atoms with van der Waals surface area (Å²) in [6.45, 7) is 0.672. The van der Waals surface area contributed by atoms with Crippen molar-refractivity contribution in [2.45, 2.75) is 0 Å². The highest BCUT2D eigenvalue weighted by Crippen LogP contribution is 2.33. The third-order valence-corrected chi connectivity index (χ3v) is 2.77. The van der Waals surface area contributed by atoms with Gasteiger partial charge < -0.3 is 4.74 Å². The summed E-state index contributed by atoms with van der Waals surface area (Å²) in [5, 5.41) is 0. The Bertz CT molecular complexity index is 526. The Morgan fingerprint density at radius 2 is 1.75 bits per heavy atom. The van der Waals surface area contributed by atoms with Gasteiger partial charge in [-0.15, -0.1) is 0 Å². The molecule has 1 aliphatic heterocycles. The van der Waals surface area contributed by atoms with Crippen LogP contribution in [0.15, 0.2) is 54.6 Å². The molecule has 0 fully saturated rings. The lowest BCUT2D eigenvalue weighted by molar-refractivity contribution is 0.359. The Kier molecular flexibility index (Phi) is 2.22. The van der Waals surface area contributed by atoms with Gasteiger partial charge in [0.25, 0.3) is 0 Å². The molecule has 1 nitrogen and oxygen atoms in total. The third kappa shape index (κ3) is 1.50. The van der Waals surface area contributed by atoms with E-state index in [0.717, 1.165) is 5.75 Å². The van der Waals surface area contributed by atoms with E-state index in [0.29, 0.717) is 6.61 Å². The molecule has 0 spiro atoms. The number of hydrogen-bond acceptors (Lipinski definition) is 1. The topological polar surface area (TPSA) is 9.23 Å². The van der Waals surface area contributed by atoms with Crippen LogP contribution in [0.4, 0.5) is 0 Å². The van der Waals surface area contributed by atoms with E-state index in [-0.39, 0.29) is 0 Å². The minimum absolute atomic E-state index is 0.672. The van der Waals surface area contributed by atoms with Gasteiger partial charge in [0.1, 0.15) is 12.4 Å². The van der Waals surface area contributed by atoms with Gasteiger partial charge in [-0.05, 0) is 23.3 Å². The van der Waals surface area contributed by atoms with Crippen LogP contribution in [0.2, 0.25) is 0 Å². The lowest BCUT2D eigenvalue weighted by Crippen LogP contribution is -2.01. The van der Waals surface area contributed by atoms with Crippen LogP contribution in [-0.2, 0) is 0 Å². The molecule has 0 saturated heterocycles. The minimum atomic E-state index is 0.672. The first-order valence-corrected chi connectivity index (χ1v) is 5.43. The van der Waals surface area contributed by atoms with Crippen molar-refractivity contribution in [3.05, 3.63) is 60.2 Å². The van der Waals surface area contributed by atoms with Gasteiger partial charge in [0.2, 0.25) is 0 Å². The molecule has 2 aromatic carbocycles. The van der Waals surface area contributed by atoms with Gasteiger partial charge in [-0.3, -0.25) is 0 Å². The van der Waals surface area contributed by atoms with Crippen molar-refractivity contribution < 1.29 is 4.74 Å². The number of hydrogen-bond donors (Lipinski definition) is 0. The molecule has 78 valence electrons. The zero-order valence-electron chi connectivity index (χ0n) is 8.89. The van der Waals surface area contributed by atoms with Gasteiger partial charge in [-0.1, -0.05) is 48.5 Å². The lowest BCUT2D eigenvalue weighted by atomic mass is 9.98. The molecule has 1 heteroatoms. The van der Waals surface area contributed by atoms with Crippen LogP contribution >= 0.6 is 0 Å². The molecule has 0 radical (unpaired) electrons. The summed E-state index contributed by atoms with van der Waals surface area (Å²) in [5.41, 5.74) is 3.64. The largest absolute Gasteiger partial charge is 0.489 e. The average molecular weight is 208 g/mol. The van der Waals surface area contributed by atoms with Gasteiger partial charge in [0.15, 0.2) is 0 Å². The van der Waals surface area contributed by atoms with Crippen LogP contribution < -0.4 is 4.74 Å². The molecule has 16 heavy (non-hydrogen) atoms. The van der Waals surface area contributed by atoms with Crippen molar-refractivity contribution in [3.8, 4) is 16.9 Å². The summed E-state index contributed by atoms with van der Waals surface area (Å²) < 4.78 is 5.60. The first-order chi connectivity index (χ1) is 7.95. The standard InChI is InChI=1S/C15H12O/c1-2-6-12(7-3-1)13-8-4-10-15-14(13)9-5-11-16-15/h1-10H,11H2. The van der Waals surface area contributed by atoms with Crippen molar-refractivity contribution in [2.24, 2.45) is 0 Å². The highest BCUT2D eigenvalue weighted by molar-refractivity contribution is 5.79. The number of fused-ring (bicyclic) bond motifs is 1. The summed E-state index contributed by atoms with van der Waals surface area (Å²) in [5.74, 6) is 0.976. The predicted octanol–water partition coefficient (Wildman–Crippen LogP) is 3.76. The molecule has 1 aliphatic rings. The first kappa shape index (κ1) is 9.22. The lowest BCUT2D eigenvalue weighted by Gasteiger charge is -2.15. The van der Waals surface area contributed by atoms with E-state index in [1.807, 2.05) is 18.2 Å². The van der Waals surface area contributed by atoms with E-state index in [1.165, 1.54) is 16.7 Å². The zero-order valence-corrected chi connectivity index (χ0v) is 8.89. The molecule has 2 aromatic rings. The molecule has 0 saturated carbocycles. The molecule has 0 unspecified atom stereocenters. The summed E-state index contributed by atoms with van der Waals surface area (Å²) in [4.78, 5) is 0. The minimum Gasteiger partial charge on any atom is -0.489 e. The van der Waals surface area contributed by atoms with E-state index >= 15 is 0 Å². The van der Waals surface area contributed by atoms with E-state index in [4.69, 9.17) is 4.74 Å². The maximum Gasteiger partial charge on any atom is 0.127 e. The summed E-state index contributed by atoms with van der Waals surface area (Å²) in [7, 11) is 0. The van der Waals surface area contributed by atoms with Crippen molar-refractivity contribution >= 4 is 6.08 Å². The fraction of sp³-hybridized carbons (Fsp3) is 0.0667.